The fourth-order valence-electron chi connectivity index (χ4n) is 2.43. The third kappa shape index (κ3) is 3.05. The van der Waals surface area contributed by atoms with E-state index < -0.39 is 0 Å². The molecule has 0 aromatic carbocycles. The predicted octanol–water partition coefficient (Wildman–Crippen LogP) is 0.907. The Morgan fingerprint density at radius 1 is 1.27 bits per heavy atom. The summed E-state index contributed by atoms with van der Waals surface area (Å²) in [5.41, 5.74) is 8.18. The standard InChI is InChI=1S/C15H17N5O2/c1-9(21)11-6-13(17-8-11)15(22)18-14-7-12(19-20-14)10-2-4-16-5-3-10/h2-6,8,12,14,17,19-20H,7H2,1H3,(H,18,22). The van der Waals surface area contributed by atoms with Gasteiger partial charge in [-0.15, -0.1) is 0 Å². The molecule has 0 aliphatic carbocycles. The molecule has 22 heavy (non-hydrogen) atoms. The Labute approximate surface area is 127 Å². The highest BCUT2D eigenvalue weighted by Crippen LogP contribution is 2.20. The van der Waals surface area contributed by atoms with Crippen molar-refractivity contribution in [2.45, 2.75) is 25.6 Å². The van der Waals surface area contributed by atoms with Crippen LogP contribution in [0.3, 0.4) is 0 Å². The average Bonchev–Trinajstić information content (AvgIpc) is 3.17. The monoisotopic (exact) mass is 299 g/mol. The van der Waals surface area contributed by atoms with Gasteiger partial charge in [-0.25, -0.2) is 10.9 Å². The van der Waals surface area contributed by atoms with Crippen LogP contribution in [0.25, 0.3) is 0 Å². The van der Waals surface area contributed by atoms with Crippen LogP contribution in [0, 0.1) is 0 Å². The van der Waals surface area contributed by atoms with Crippen LogP contribution < -0.4 is 16.2 Å². The summed E-state index contributed by atoms with van der Waals surface area (Å²) in [6.07, 6.45) is 5.55. The highest BCUT2D eigenvalue weighted by atomic mass is 16.2. The first-order valence-corrected chi connectivity index (χ1v) is 7.04. The van der Waals surface area contributed by atoms with Crippen LogP contribution in [0.5, 0.6) is 0 Å². The Hall–Kier alpha value is -2.51. The van der Waals surface area contributed by atoms with Gasteiger partial charge in [-0.1, -0.05) is 0 Å². The summed E-state index contributed by atoms with van der Waals surface area (Å²) in [4.78, 5) is 30.2. The minimum absolute atomic E-state index is 0.0753. The number of carbonyl (C=O) groups is 2. The third-order valence-electron chi connectivity index (χ3n) is 3.65. The van der Waals surface area contributed by atoms with Crippen molar-refractivity contribution >= 4 is 11.7 Å². The predicted molar refractivity (Wildman–Crippen MR) is 79.9 cm³/mol. The van der Waals surface area contributed by atoms with Gasteiger partial charge in [0, 0.05) is 36.6 Å². The highest BCUT2D eigenvalue weighted by Gasteiger charge is 2.26. The van der Waals surface area contributed by atoms with E-state index in [2.05, 4.69) is 26.1 Å². The molecular weight excluding hydrogens is 282 g/mol. The summed E-state index contributed by atoms with van der Waals surface area (Å²) in [7, 11) is 0. The van der Waals surface area contributed by atoms with Crippen molar-refractivity contribution in [2.75, 3.05) is 0 Å². The van der Waals surface area contributed by atoms with Gasteiger partial charge in [0.15, 0.2) is 5.78 Å². The quantitative estimate of drug-likeness (QED) is 0.629. The number of carbonyl (C=O) groups excluding carboxylic acids is 2. The number of nitrogens with one attached hydrogen (secondary N) is 4. The van der Waals surface area contributed by atoms with E-state index in [0.717, 1.165) is 12.0 Å². The molecule has 114 valence electrons. The van der Waals surface area contributed by atoms with Gasteiger partial charge in [-0.3, -0.25) is 14.6 Å². The smallest absolute Gasteiger partial charge is 0.268 e. The number of nitrogens with zero attached hydrogens (tertiary/aromatic N) is 1. The van der Waals surface area contributed by atoms with E-state index >= 15 is 0 Å². The molecule has 0 saturated carbocycles. The zero-order valence-corrected chi connectivity index (χ0v) is 12.1. The fourth-order valence-corrected chi connectivity index (χ4v) is 2.43. The van der Waals surface area contributed by atoms with E-state index in [1.807, 2.05) is 12.1 Å². The van der Waals surface area contributed by atoms with E-state index in [0.29, 0.717) is 11.3 Å². The molecule has 3 heterocycles. The van der Waals surface area contributed by atoms with Crippen LogP contribution in [0.4, 0.5) is 0 Å². The lowest BCUT2D eigenvalue weighted by Gasteiger charge is -2.11. The Bertz CT molecular complexity index is 682. The molecule has 0 bridgehead atoms. The van der Waals surface area contributed by atoms with Crippen LogP contribution >= 0.6 is 0 Å². The van der Waals surface area contributed by atoms with E-state index in [9.17, 15) is 9.59 Å². The second-order valence-electron chi connectivity index (χ2n) is 5.24. The van der Waals surface area contributed by atoms with Gasteiger partial charge in [-0.2, -0.15) is 0 Å². The van der Waals surface area contributed by atoms with Crippen LogP contribution in [0.2, 0.25) is 0 Å². The largest absolute Gasteiger partial charge is 0.356 e. The number of pyridine rings is 1. The van der Waals surface area contributed by atoms with Crippen molar-refractivity contribution in [3.8, 4) is 0 Å². The van der Waals surface area contributed by atoms with Crippen LogP contribution in [0.15, 0.2) is 36.8 Å². The third-order valence-corrected chi connectivity index (χ3v) is 3.65. The molecular formula is C15H17N5O2. The molecule has 7 nitrogen and oxygen atoms in total. The molecule has 4 N–H and O–H groups in total. The second kappa shape index (κ2) is 6.08. The number of Topliss-reactive ketones (excluding diaryl/α,β-unsaturated/α-hetero) is 1. The Morgan fingerprint density at radius 3 is 2.73 bits per heavy atom. The molecule has 2 atom stereocenters. The Kier molecular flexibility index (Phi) is 3.99. The van der Waals surface area contributed by atoms with Gasteiger partial charge in [0.2, 0.25) is 0 Å². The summed E-state index contributed by atoms with van der Waals surface area (Å²) in [5, 5.41) is 2.88. The summed E-state index contributed by atoms with van der Waals surface area (Å²) in [6.45, 7) is 1.46. The molecule has 1 aliphatic rings. The number of hydrazine groups is 1. The van der Waals surface area contributed by atoms with E-state index in [1.165, 1.54) is 13.1 Å². The van der Waals surface area contributed by atoms with Crippen LogP contribution in [0.1, 0.15) is 45.8 Å². The molecule has 0 radical (unpaired) electrons. The zero-order valence-electron chi connectivity index (χ0n) is 12.1. The maximum Gasteiger partial charge on any atom is 0.268 e. The summed E-state index contributed by atoms with van der Waals surface area (Å²) in [5.74, 6) is -0.323. The van der Waals surface area contributed by atoms with Gasteiger partial charge in [0.25, 0.3) is 5.91 Å². The van der Waals surface area contributed by atoms with Crippen molar-refractivity contribution < 1.29 is 9.59 Å². The minimum atomic E-state index is -0.248. The zero-order chi connectivity index (χ0) is 15.5. The molecule has 1 fully saturated rings. The number of amides is 1. The number of H-pyrrole nitrogens is 1. The lowest BCUT2D eigenvalue weighted by atomic mass is 10.1. The number of hydrogen-bond acceptors (Lipinski definition) is 5. The van der Waals surface area contributed by atoms with E-state index in [4.69, 9.17) is 0 Å². The first kappa shape index (κ1) is 14.4. The van der Waals surface area contributed by atoms with Crippen molar-refractivity contribution in [3.63, 3.8) is 0 Å². The van der Waals surface area contributed by atoms with E-state index in [-0.39, 0.29) is 23.9 Å². The maximum absolute atomic E-state index is 12.1. The number of aromatic amines is 1. The molecule has 0 spiro atoms. The fraction of sp³-hybridized carbons (Fsp3) is 0.267. The van der Waals surface area contributed by atoms with Gasteiger partial charge in [0.1, 0.15) is 5.69 Å². The van der Waals surface area contributed by atoms with Crippen molar-refractivity contribution in [3.05, 3.63) is 53.6 Å². The molecule has 2 aromatic rings. The molecule has 3 rings (SSSR count). The second-order valence-corrected chi connectivity index (χ2v) is 5.24. The molecule has 2 aromatic heterocycles. The minimum Gasteiger partial charge on any atom is -0.356 e. The summed E-state index contributed by atoms with van der Waals surface area (Å²) >= 11 is 0. The van der Waals surface area contributed by atoms with Crippen molar-refractivity contribution in [1.82, 2.24) is 26.1 Å². The number of aromatic nitrogens is 2. The molecule has 1 saturated heterocycles. The van der Waals surface area contributed by atoms with E-state index in [1.54, 1.807) is 18.5 Å². The topological polar surface area (TPSA) is 98.9 Å². The van der Waals surface area contributed by atoms with Gasteiger partial charge in [-0.05, 0) is 30.7 Å². The number of hydrogen-bond donors (Lipinski definition) is 4. The van der Waals surface area contributed by atoms with Crippen LogP contribution in [-0.2, 0) is 0 Å². The SMILES string of the molecule is CC(=O)c1c[nH]c(C(=O)NC2CC(c3ccncc3)NN2)c1. The molecule has 7 heteroatoms. The highest BCUT2D eigenvalue weighted by molar-refractivity contribution is 5.99. The Morgan fingerprint density at radius 2 is 2.05 bits per heavy atom. The maximum atomic E-state index is 12.1. The molecule has 1 aliphatic heterocycles. The molecule has 1 amide bonds. The van der Waals surface area contributed by atoms with Gasteiger partial charge >= 0.3 is 0 Å². The van der Waals surface area contributed by atoms with Gasteiger partial charge in [0.05, 0.1) is 6.17 Å². The average molecular weight is 299 g/mol. The summed E-state index contributed by atoms with van der Waals surface area (Å²) in [6, 6.07) is 5.55. The lowest BCUT2D eigenvalue weighted by Crippen LogP contribution is -2.44. The number of rotatable bonds is 4. The first-order valence-electron chi connectivity index (χ1n) is 7.04. The molecule has 2 unspecified atom stereocenters. The van der Waals surface area contributed by atoms with Crippen LogP contribution in [-0.4, -0.2) is 27.8 Å². The normalized spacial score (nSPS) is 20.8. The summed E-state index contributed by atoms with van der Waals surface area (Å²) < 4.78 is 0. The van der Waals surface area contributed by atoms with Gasteiger partial charge < -0.3 is 10.3 Å². The Balaban J connectivity index is 1.60. The number of ketones is 1. The lowest BCUT2D eigenvalue weighted by molar-refractivity contribution is 0.0927. The first-order chi connectivity index (χ1) is 10.6. The van der Waals surface area contributed by atoms with Crippen molar-refractivity contribution in [2.24, 2.45) is 0 Å². The van der Waals surface area contributed by atoms with Crippen molar-refractivity contribution in [1.29, 1.82) is 0 Å².